The molecular weight excluding hydrogens is 406 g/mol. The van der Waals surface area contributed by atoms with Crippen molar-refractivity contribution >= 4 is 34.4 Å². The van der Waals surface area contributed by atoms with Crippen LogP contribution in [0.3, 0.4) is 0 Å². The van der Waals surface area contributed by atoms with E-state index in [1.807, 2.05) is 12.1 Å². The minimum absolute atomic E-state index is 0.258. The maximum atomic E-state index is 13.3. The van der Waals surface area contributed by atoms with Crippen molar-refractivity contribution in [2.24, 2.45) is 0 Å². The van der Waals surface area contributed by atoms with Crippen LogP contribution in [0.25, 0.3) is 0 Å². The molecule has 0 saturated heterocycles. The minimum atomic E-state index is -0.258. The molecule has 0 N–H and O–H groups in total. The van der Waals surface area contributed by atoms with Gasteiger partial charge in [-0.15, -0.1) is 20.4 Å². The fraction of sp³-hybridized carbons (Fsp3) is 0.111. The number of rotatable bonds is 6. The first-order valence-electron chi connectivity index (χ1n) is 7.95. The van der Waals surface area contributed by atoms with E-state index in [-0.39, 0.29) is 11.6 Å². The number of benzene rings is 2. The second-order valence-electron chi connectivity index (χ2n) is 5.64. The molecule has 4 rings (SSSR count). The van der Waals surface area contributed by atoms with Crippen LogP contribution in [-0.2, 0) is 12.8 Å². The lowest BCUT2D eigenvalue weighted by Crippen LogP contribution is -1.88. The first-order valence-corrected chi connectivity index (χ1v) is 10.4. The number of aromatic nitrogens is 4. The summed E-state index contributed by atoms with van der Waals surface area (Å²) in [6, 6.07) is 12.9. The Hall–Kier alpha value is -2.23. The summed E-state index contributed by atoms with van der Waals surface area (Å²) in [5.41, 5.74) is 1.71. The highest BCUT2D eigenvalue weighted by molar-refractivity contribution is 8.02. The summed E-state index contributed by atoms with van der Waals surface area (Å²) in [5.74, 6) is -0.516. The molecule has 27 heavy (non-hydrogen) atoms. The van der Waals surface area contributed by atoms with Gasteiger partial charge in [0.15, 0.2) is 8.68 Å². The van der Waals surface area contributed by atoms with E-state index < -0.39 is 0 Å². The second-order valence-corrected chi connectivity index (χ2v) is 9.26. The van der Waals surface area contributed by atoms with E-state index in [0.717, 1.165) is 29.8 Å². The van der Waals surface area contributed by atoms with Gasteiger partial charge < -0.3 is 0 Å². The standard InChI is InChI=1S/C18H12F2N4S3/c19-13-5-1-3-11(7-13)9-15-21-23-17(25-15)27-18-24-22-16(26-18)10-12-4-2-6-14(20)8-12/h1-8H,9-10H2. The van der Waals surface area contributed by atoms with Gasteiger partial charge in [-0.05, 0) is 47.2 Å². The van der Waals surface area contributed by atoms with Crippen LogP contribution >= 0.6 is 34.4 Å². The largest absolute Gasteiger partial charge is 0.207 e. The van der Waals surface area contributed by atoms with Crippen molar-refractivity contribution < 1.29 is 8.78 Å². The molecule has 0 radical (unpaired) electrons. The van der Waals surface area contributed by atoms with E-state index in [1.165, 1.54) is 58.7 Å². The number of halogens is 2. The molecule has 2 aromatic carbocycles. The fourth-order valence-electron chi connectivity index (χ4n) is 2.42. The molecule has 2 heterocycles. The molecule has 4 nitrogen and oxygen atoms in total. The molecule has 0 unspecified atom stereocenters. The topological polar surface area (TPSA) is 51.6 Å². The van der Waals surface area contributed by atoms with Gasteiger partial charge in [0, 0.05) is 12.8 Å². The van der Waals surface area contributed by atoms with Gasteiger partial charge in [-0.2, -0.15) is 0 Å². The molecule has 0 spiro atoms. The maximum absolute atomic E-state index is 13.3. The first kappa shape index (κ1) is 18.1. The Morgan fingerprint density at radius 1 is 0.704 bits per heavy atom. The number of hydrogen-bond donors (Lipinski definition) is 0. The van der Waals surface area contributed by atoms with Crippen LogP contribution in [-0.4, -0.2) is 20.4 Å². The second kappa shape index (κ2) is 8.20. The molecule has 0 atom stereocenters. The molecule has 4 aromatic rings. The van der Waals surface area contributed by atoms with Crippen molar-refractivity contribution in [2.45, 2.75) is 21.5 Å². The molecule has 9 heteroatoms. The first-order chi connectivity index (χ1) is 13.1. The summed E-state index contributed by atoms with van der Waals surface area (Å²) in [4.78, 5) is 0. The lowest BCUT2D eigenvalue weighted by molar-refractivity contribution is 0.625. The molecule has 0 aliphatic heterocycles. The van der Waals surface area contributed by atoms with E-state index in [9.17, 15) is 8.78 Å². The molecule has 0 amide bonds. The van der Waals surface area contributed by atoms with Gasteiger partial charge in [0.1, 0.15) is 21.6 Å². The van der Waals surface area contributed by atoms with E-state index in [4.69, 9.17) is 0 Å². The van der Waals surface area contributed by atoms with Crippen molar-refractivity contribution in [3.05, 3.63) is 81.3 Å². The van der Waals surface area contributed by atoms with Gasteiger partial charge in [0.05, 0.1) is 0 Å². The summed E-state index contributed by atoms with van der Waals surface area (Å²) in [6.07, 6.45) is 1.08. The Morgan fingerprint density at radius 3 is 1.63 bits per heavy atom. The summed E-state index contributed by atoms with van der Waals surface area (Å²) in [7, 11) is 0. The Kier molecular flexibility index (Phi) is 5.51. The number of nitrogens with zero attached hydrogens (tertiary/aromatic N) is 4. The van der Waals surface area contributed by atoms with Crippen molar-refractivity contribution in [3.63, 3.8) is 0 Å². The molecule has 0 aliphatic rings. The van der Waals surface area contributed by atoms with Crippen molar-refractivity contribution in [1.82, 2.24) is 20.4 Å². The van der Waals surface area contributed by atoms with Gasteiger partial charge in [0.25, 0.3) is 0 Å². The lowest BCUT2D eigenvalue weighted by atomic mass is 10.1. The average Bonchev–Trinajstić information content (AvgIpc) is 3.25. The summed E-state index contributed by atoms with van der Waals surface area (Å²) in [6.45, 7) is 0. The van der Waals surface area contributed by atoms with Gasteiger partial charge in [-0.3, -0.25) is 0 Å². The molecule has 136 valence electrons. The molecule has 0 bridgehead atoms. The van der Waals surface area contributed by atoms with E-state index >= 15 is 0 Å². The predicted octanol–water partition coefficient (Wildman–Crippen LogP) is 5.00. The Bertz CT molecular complexity index is 980. The van der Waals surface area contributed by atoms with Gasteiger partial charge >= 0.3 is 0 Å². The molecule has 2 aromatic heterocycles. The van der Waals surface area contributed by atoms with Crippen LogP contribution in [0.1, 0.15) is 21.1 Å². The van der Waals surface area contributed by atoms with Crippen LogP contribution in [0.5, 0.6) is 0 Å². The fourth-order valence-corrected chi connectivity index (χ4v) is 5.48. The van der Waals surface area contributed by atoms with Gasteiger partial charge in [-0.25, -0.2) is 8.78 Å². The van der Waals surface area contributed by atoms with Crippen molar-refractivity contribution in [2.75, 3.05) is 0 Å². The Balaban J connectivity index is 1.40. The molecule has 0 saturated carbocycles. The lowest BCUT2D eigenvalue weighted by Gasteiger charge is -1.96. The Labute approximate surface area is 166 Å². The van der Waals surface area contributed by atoms with Crippen LogP contribution in [0.4, 0.5) is 8.78 Å². The molecular formula is C18H12F2N4S3. The smallest absolute Gasteiger partial charge is 0.181 e. The van der Waals surface area contributed by atoms with E-state index in [1.54, 1.807) is 12.1 Å². The predicted molar refractivity (Wildman–Crippen MR) is 102 cm³/mol. The minimum Gasteiger partial charge on any atom is -0.207 e. The number of hydrogen-bond acceptors (Lipinski definition) is 7. The highest BCUT2D eigenvalue weighted by atomic mass is 32.2. The summed E-state index contributed by atoms with van der Waals surface area (Å²) >= 11 is 4.30. The highest BCUT2D eigenvalue weighted by Gasteiger charge is 2.12. The SMILES string of the molecule is Fc1cccc(Cc2nnc(Sc3nnc(Cc4cccc(F)c4)s3)s2)c1. The molecule has 0 aliphatic carbocycles. The average molecular weight is 419 g/mol. The quantitative estimate of drug-likeness (QED) is 0.441. The van der Waals surface area contributed by atoms with Gasteiger partial charge in [-0.1, -0.05) is 46.9 Å². The third-order valence-corrected chi connectivity index (χ3v) is 6.51. The Morgan fingerprint density at radius 2 is 1.19 bits per heavy atom. The zero-order chi connectivity index (χ0) is 18.6. The van der Waals surface area contributed by atoms with Crippen molar-refractivity contribution in [1.29, 1.82) is 0 Å². The summed E-state index contributed by atoms with van der Waals surface area (Å²) in [5, 5.41) is 18.3. The van der Waals surface area contributed by atoms with Crippen LogP contribution < -0.4 is 0 Å². The summed E-state index contributed by atoms with van der Waals surface area (Å²) < 4.78 is 28.1. The van der Waals surface area contributed by atoms with E-state index in [2.05, 4.69) is 20.4 Å². The molecule has 0 fully saturated rings. The zero-order valence-corrected chi connectivity index (χ0v) is 16.3. The maximum Gasteiger partial charge on any atom is 0.181 e. The third kappa shape index (κ3) is 4.94. The monoisotopic (exact) mass is 418 g/mol. The normalized spacial score (nSPS) is 11.0. The van der Waals surface area contributed by atoms with Crippen molar-refractivity contribution in [3.8, 4) is 0 Å². The van der Waals surface area contributed by atoms with Gasteiger partial charge in [0.2, 0.25) is 0 Å². The van der Waals surface area contributed by atoms with Crippen LogP contribution in [0.2, 0.25) is 0 Å². The van der Waals surface area contributed by atoms with Crippen LogP contribution in [0, 0.1) is 11.6 Å². The zero-order valence-electron chi connectivity index (χ0n) is 13.8. The van der Waals surface area contributed by atoms with E-state index in [0.29, 0.717) is 12.8 Å². The highest BCUT2D eigenvalue weighted by Crippen LogP contribution is 2.33. The third-order valence-electron chi connectivity index (χ3n) is 3.56. The van der Waals surface area contributed by atoms with Crippen LogP contribution in [0.15, 0.2) is 57.2 Å².